The zero-order chi connectivity index (χ0) is 14.7. The lowest BCUT2D eigenvalue weighted by atomic mass is 9.86. The molecule has 3 fully saturated rings. The van der Waals surface area contributed by atoms with Crippen LogP contribution in [0.15, 0.2) is 24.3 Å². The lowest BCUT2D eigenvalue weighted by molar-refractivity contribution is -0.920. The summed E-state index contributed by atoms with van der Waals surface area (Å²) < 4.78 is 16.1. The number of piperidine rings is 3. The topological polar surface area (TPSA) is 49.2 Å². The molecule has 0 aromatic heterocycles. The second kappa shape index (κ2) is 6.35. The summed E-state index contributed by atoms with van der Waals surface area (Å²) in [7, 11) is 1.61. The van der Waals surface area contributed by atoms with Gasteiger partial charge in [0.2, 0.25) is 0 Å². The summed E-state index contributed by atoms with van der Waals surface area (Å²) in [6.07, 6.45) is 2.42. The van der Waals surface area contributed by atoms with Gasteiger partial charge in [-0.25, -0.2) is 4.79 Å². The Balaban J connectivity index is 1.45. The predicted octanol–water partition coefficient (Wildman–Crippen LogP) is 0.294. The van der Waals surface area contributed by atoms with Gasteiger partial charge in [-0.2, -0.15) is 0 Å². The van der Waals surface area contributed by atoms with Crippen molar-refractivity contribution in [2.45, 2.75) is 18.9 Å². The number of fused-ring (bicyclic) bond motifs is 3. The third-order valence-corrected chi connectivity index (χ3v) is 4.45. The molecule has 1 N–H and O–H groups in total. The quantitative estimate of drug-likeness (QED) is 0.793. The second-order valence-corrected chi connectivity index (χ2v) is 5.78. The fraction of sp³-hybridized carbons (Fsp3) is 0.562. The molecule has 5 nitrogen and oxygen atoms in total. The van der Waals surface area contributed by atoms with E-state index in [2.05, 4.69) is 0 Å². The molecule has 0 amide bonds. The molecule has 3 aliphatic rings. The van der Waals surface area contributed by atoms with Gasteiger partial charge in [-0.1, -0.05) is 0 Å². The zero-order valence-electron chi connectivity index (χ0n) is 12.3. The van der Waals surface area contributed by atoms with E-state index in [0.29, 0.717) is 11.7 Å². The highest BCUT2D eigenvalue weighted by Crippen LogP contribution is 2.21. The average Bonchev–Trinajstić information content (AvgIpc) is 2.54. The molecule has 0 spiro atoms. The summed E-state index contributed by atoms with van der Waals surface area (Å²) in [6.45, 7) is 3.37. The Kier molecular flexibility index (Phi) is 4.29. The van der Waals surface area contributed by atoms with E-state index in [0.717, 1.165) is 12.3 Å². The van der Waals surface area contributed by atoms with Crippen molar-refractivity contribution in [1.82, 2.24) is 0 Å². The minimum atomic E-state index is -0.274. The number of carbonyl (C=O) groups excluding carboxylic acids is 1. The molecule has 0 radical (unpaired) electrons. The van der Waals surface area contributed by atoms with Gasteiger partial charge < -0.3 is 19.1 Å². The first-order valence-electron chi connectivity index (χ1n) is 7.54. The van der Waals surface area contributed by atoms with Gasteiger partial charge in [-0.15, -0.1) is 0 Å². The molecule has 1 aromatic carbocycles. The highest BCUT2D eigenvalue weighted by molar-refractivity contribution is 5.71. The largest absolute Gasteiger partial charge is 0.497 e. The van der Waals surface area contributed by atoms with Crippen molar-refractivity contribution in [3.63, 3.8) is 0 Å². The number of hydrogen-bond acceptors (Lipinski definition) is 4. The fourth-order valence-electron chi connectivity index (χ4n) is 3.23. The van der Waals surface area contributed by atoms with E-state index in [9.17, 15) is 4.79 Å². The number of benzene rings is 1. The molecule has 21 heavy (non-hydrogen) atoms. The monoisotopic (exact) mass is 292 g/mol. The Bertz CT molecular complexity index is 480. The zero-order valence-corrected chi connectivity index (χ0v) is 12.3. The maximum absolute atomic E-state index is 11.9. The number of rotatable bonds is 5. The van der Waals surface area contributed by atoms with E-state index in [1.807, 2.05) is 0 Å². The number of carbonyl (C=O) groups is 1. The molecule has 3 aliphatic heterocycles. The van der Waals surface area contributed by atoms with Crippen LogP contribution in [0.25, 0.3) is 0 Å². The van der Waals surface area contributed by atoms with Crippen LogP contribution in [-0.4, -0.2) is 45.4 Å². The van der Waals surface area contributed by atoms with Crippen LogP contribution in [0.5, 0.6) is 11.5 Å². The molecule has 3 heterocycles. The summed E-state index contributed by atoms with van der Waals surface area (Å²) >= 11 is 0. The first-order chi connectivity index (χ1) is 10.2. The maximum atomic E-state index is 11.9. The SMILES string of the molecule is COc1ccc(OCC(=O)O[C@H]2C[NH+]3CCC2CC3)cc1. The van der Waals surface area contributed by atoms with Crippen LogP contribution in [0.3, 0.4) is 0 Å². The Morgan fingerprint density at radius 1 is 1.19 bits per heavy atom. The van der Waals surface area contributed by atoms with Crippen molar-refractivity contribution in [1.29, 1.82) is 0 Å². The van der Waals surface area contributed by atoms with Gasteiger partial charge in [0.1, 0.15) is 18.0 Å². The first-order valence-corrected chi connectivity index (χ1v) is 7.54. The van der Waals surface area contributed by atoms with Gasteiger partial charge in [0.15, 0.2) is 12.7 Å². The van der Waals surface area contributed by atoms with Crippen molar-refractivity contribution in [3.05, 3.63) is 24.3 Å². The van der Waals surface area contributed by atoms with Crippen LogP contribution < -0.4 is 14.4 Å². The summed E-state index contributed by atoms with van der Waals surface area (Å²) in [5.74, 6) is 1.68. The smallest absolute Gasteiger partial charge is 0.344 e. The van der Waals surface area contributed by atoms with Crippen LogP contribution in [0.2, 0.25) is 0 Å². The standard InChI is InChI=1S/C16H21NO4/c1-19-13-2-4-14(5-3-13)20-11-16(18)21-15-10-17-8-6-12(15)7-9-17/h2-5,12,15H,6-11H2,1H3/p+1/t15-/m0/s1. The highest BCUT2D eigenvalue weighted by Gasteiger charge is 2.39. The lowest BCUT2D eigenvalue weighted by Gasteiger charge is -2.41. The van der Waals surface area contributed by atoms with Gasteiger partial charge in [0.25, 0.3) is 0 Å². The second-order valence-electron chi connectivity index (χ2n) is 5.78. The van der Waals surface area contributed by atoms with Gasteiger partial charge in [0.05, 0.1) is 20.2 Å². The molecule has 1 atom stereocenters. The Morgan fingerprint density at radius 2 is 1.86 bits per heavy atom. The van der Waals surface area contributed by atoms with Crippen molar-refractivity contribution in [2.24, 2.45) is 5.92 Å². The molecule has 2 bridgehead atoms. The number of hydrogen-bond donors (Lipinski definition) is 1. The van der Waals surface area contributed by atoms with Crippen molar-refractivity contribution < 1.29 is 23.9 Å². The van der Waals surface area contributed by atoms with Crippen molar-refractivity contribution in [3.8, 4) is 11.5 Å². The Morgan fingerprint density at radius 3 is 2.43 bits per heavy atom. The number of nitrogens with one attached hydrogen (secondary N) is 1. The molecule has 114 valence electrons. The minimum Gasteiger partial charge on any atom is -0.497 e. The summed E-state index contributed by atoms with van der Waals surface area (Å²) in [5, 5.41) is 0. The Hall–Kier alpha value is -1.75. The van der Waals surface area contributed by atoms with E-state index in [-0.39, 0.29) is 18.7 Å². The molecular formula is C16H22NO4+. The molecule has 0 saturated carbocycles. The normalized spacial score (nSPS) is 27.2. The molecule has 5 heteroatoms. The summed E-state index contributed by atoms with van der Waals surface area (Å²) in [5.41, 5.74) is 0. The van der Waals surface area contributed by atoms with Gasteiger partial charge in [-0.05, 0) is 24.3 Å². The van der Waals surface area contributed by atoms with Crippen LogP contribution in [0, 0.1) is 5.92 Å². The number of esters is 1. The predicted molar refractivity (Wildman–Crippen MR) is 76.7 cm³/mol. The van der Waals surface area contributed by atoms with Gasteiger partial charge in [-0.3, -0.25) is 0 Å². The number of ether oxygens (including phenoxy) is 3. The van der Waals surface area contributed by atoms with Crippen LogP contribution >= 0.6 is 0 Å². The third kappa shape index (κ3) is 3.47. The summed E-state index contributed by atoms with van der Waals surface area (Å²) in [4.78, 5) is 13.5. The van der Waals surface area contributed by atoms with E-state index in [4.69, 9.17) is 14.2 Å². The lowest BCUT2D eigenvalue weighted by Crippen LogP contribution is -3.16. The fourth-order valence-corrected chi connectivity index (χ4v) is 3.23. The average molecular weight is 292 g/mol. The Labute approximate surface area is 124 Å². The number of quaternary nitrogens is 1. The van der Waals surface area contributed by atoms with E-state index in [1.54, 1.807) is 36.3 Å². The van der Waals surface area contributed by atoms with Crippen molar-refractivity contribution >= 4 is 5.97 Å². The van der Waals surface area contributed by atoms with E-state index < -0.39 is 0 Å². The minimum absolute atomic E-state index is 0.0368. The van der Waals surface area contributed by atoms with E-state index in [1.165, 1.54) is 25.9 Å². The van der Waals surface area contributed by atoms with Crippen LogP contribution in [0.4, 0.5) is 0 Å². The molecule has 0 unspecified atom stereocenters. The molecule has 4 rings (SSSR count). The maximum Gasteiger partial charge on any atom is 0.344 e. The van der Waals surface area contributed by atoms with Crippen LogP contribution in [0.1, 0.15) is 12.8 Å². The highest BCUT2D eigenvalue weighted by atomic mass is 16.6. The van der Waals surface area contributed by atoms with E-state index >= 15 is 0 Å². The number of methoxy groups -OCH3 is 1. The molecule has 1 aromatic rings. The first kappa shape index (κ1) is 14.2. The molecule has 0 aliphatic carbocycles. The van der Waals surface area contributed by atoms with Gasteiger partial charge >= 0.3 is 5.97 Å². The van der Waals surface area contributed by atoms with Crippen LogP contribution in [-0.2, 0) is 9.53 Å². The molecular weight excluding hydrogens is 270 g/mol. The van der Waals surface area contributed by atoms with Gasteiger partial charge in [0, 0.05) is 18.8 Å². The summed E-state index contributed by atoms with van der Waals surface area (Å²) in [6, 6.07) is 7.17. The molecule has 3 saturated heterocycles. The van der Waals surface area contributed by atoms with Crippen molar-refractivity contribution in [2.75, 3.05) is 33.4 Å². The third-order valence-electron chi connectivity index (χ3n) is 4.45.